The molecule has 1 aliphatic carbocycles. The average molecular weight is 330 g/mol. The van der Waals surface area contributed by atoms with Gasteiger partial charge in [0, 0.05) is 6.54 Å². The SMILES string of the molecule is O=C(CN1CCC(c2ccccc2C(=O)O)CC1)NCC1CCC1. The van der Waals surface area contributed by atoms with Crippen LogP contribution in [0.2, 0.25) is 0 Å². The van der Waals surface area contributed by atoms with E-state index in [1.165, 1.54) is 19.3 Å². The van der Waals surface area contributed by atoms with Crippen LogP contribution >= 0.6 is 0 Å². The number of benzene rings is 1. The standard InChI is InChI=1S/C19H26N2O3/c22-18(20-12-14-4-3-5-14)13-21-10-8-15(9-11-21)16-6-1-2-7-17(16)19(23)24/h1-2,6-7,14-15H,3-5,8-13H2,(H,20,22)(H,23,24). The van der Waals surface area contributed by atoms with Crippen LogP contribution in [0.25, 0.3) is 0 Å². The maximum atomic E-state index is 12.0. The zero-order chi connectivity index (χ0) is 16.9. The van der Waals surface area contributed by atoms with Gasteiger partial charge in [-0.15, -0.1) is 0 Å². The zero-order valence-corrected chi connectivity index (χ0v) is 14.0. The van der Waals surface area contributed by atoms with Crippen molar-refractivity contribution in [2.45, 2.75) is 38.0 Å². The van der Waals surface area contributed by atoms with Gasteiger partial charge in [-0.05, 0) is 62.2 Å². The van der Waals surface area contributed by atoms with Crippen LogP contribution in [-0.4, -0.2) is 48.1 Å². The van der Waals surface area contributed by atoms with Crippen molar-refractivity contribution in [1.82, 2.24) is 10.2 Å². The van der Waals surface area contributed by atoms with Gasteiger partial charge in [-0.3, -0.25) is 9.69 Å². The topological polar surface area (TPSA) is 69.6 Å². The Morgan fingerprint density at radius 2 is 1.83 bits per heavy atom. The lowest BCUT2D eigenvalue weighted by Gasteiger charge is -2.32. The van der Waals surface area contributed by atoms with E-state index in [9.17, 15) is 14.7 Å². The van der Waals surface area contributed by atoms with E-state index in [1.807, 2.05) is 12.1 Å². The van der Waals surface area contributed by atoms with Gasteiger partial charge in [0.1, 0.15) is 0 Å². The van der Waals surface area contributed by atoms with Crippen molar-refractivity contribution in [2.75, 3.05) is 26.2 Å². The summed E-state index contributed by atoms with van der Waals surface area (Å²) >= 11 is 0. The number of piperidine rings is 1. The Morgan fingerprint density at radius 1 is 1.12 bits per heavy atom. The maximum absolute atomic E-state index is 12.0. The Hall–Kier alpha value is -1.88. The molecule has 5 nitrogen and oxygen atoms in total. The molecule has 1 aromatic carbocycles. The highest BCUT2D eigenvalue weighted by atomic mass is 16.4. The van der Waals surface area contributed by atoms with E-state index in [4.69, 9.17) is 0 Å². The largest absolute Gasteiger partial charge is 0.478 e. The lowest BCUT2D eigenvalue weighted by molar-refractivity contribution is -0.122. The second-order valence-corrected chi connectivity index (χ2v) is 7.04. The van der Waals surface area contributed by atoms with Crippen LogP contribution in [0.1, 0.15) is 53.9 Å². The number of carboxylic acids is 1. The summed E-state index contributed by atoms with van der Waals surface area (Å²) in [6.45, 7) is 2.96. The van der Waals surface area contributed by atoms with E-state index < -0.39 is 5.97 Å². The smallest absolute Gasteiger partial charge is 0.335 e. The number of rotatable bonds is 6. The monoisotopic (exact) mass is 330 g/mol. The molecular weight excluding hydrogens is 304 g/mol. The summed E-state index contributed by atoms with van der Waals surface area (Å²) in [6, 6.07) is 7.28. The minimum absolute atomic E-state index is 0.117. The van der Waals surface area contributed by atoms with Crippen molar-refractivity contribution in [3.63, 3.8) is 0 Å². The number of hydrogen-bond acceptors (Lipinski definition) is 3. The highest BCUT2D eigenvalue weighted by molar-refractivity contribution is 5.89. The second kappa shape index (κ2) is 7.79. The fourth-order valence-electron chi connectivity index (χ4n) is 3.66. The van der Waals surface area contributed by atoms with Crippen molar-refractivity contribution >= 4 is 11.9 Å². The second-order valence-electron chi connectivity index (χ2n) is 7.04. The Morgan fingerprint density at radius 3 is 2.46 bits per heavy atom. The summed E-state index contributed by atoms with van der Waals surface area (Å²) in [6.07, 6.45) is 5.59. The van der Waals surface area contributed by atoms with Crippen LogP contribution in [-0.2, 0) is 4.79 Å². The number of carboxylic acid groups (broad SMARTS) is 1. The molecule has 2 N–H and O–H groups in total. The number of amides is 1. The van der Waals surface area contributed by atoms with Gasteiger partial charge in [0.2, 0.25) is 5.91 Å². The molecule has 1 saturated carbocycles. The molecule has 1 aromatic rings. The Labute approximate surface area is 143 Å². The zero-order valence-electron chi connectivity index (χ0n) is 14.0. The van der Waals surface area contributed by atoms with Crippen LogP contribution in [0.4, 0.5) is 0 Å². The van der Waals surface area contributed by atoms with Crippen LogP contribution in [0.5, 0.6) is 0 Å². The van der Waals surface area contributed by atoms with Gasteiger partial charge in [0.25, 0.3) is 0 Å². The summed E-state index contributed by atoms with van der Waals surface area (Å²) in [5.74, 6) is 0.216. The first-order valence-electron chi connectivity index (χ1n) is 8.94. The van der Waals surface area contributed by atoms with Gasteiger partial charge < -0.3 is 10.4 Å². The van der Waals surface area contributed by atoms with Gasteiger partial charge in [0.05, 0.1) is 12.1 Å². The van der Waals surface area contributed by atoms with Crippen molar-refractivity contribution in [3.8, 4) is 0 Å². The summed E-state index contributed by atoms with van der Waals surface area (Å²) in [7, 11) is 0. The molecule has 0 aromatic heterocycles. The minimum Gasteiger partial charge on any atom is -0.478 e. The average Bonchev–Trinajstić information content (AvgIpc) is 2.54. The molecule has 1 aliphatic heterocycles. The molecule has 0 radical (unpaired) electrons. The molecule has 1 saturated heterocycles. The first-order chi connectivity index (χ1) is 11.6. The third-order valence-corrected chi connectivity index (χ3v) is 5.40. The van der Waals surface area contributed by atoms with Crippen molar-refractivity contribution in [3.05, 3.63) is 35.4 Å². The van der Waals surface area contributed by atoms with Crippen molar-refractivity contribution in [1.29, 1.82) is 0 Å². The Balaban J connectivity index is 1.47. The van der Waals surface area contributed by atoms with Crippen molar-refractivity contribution < 1.29 is 14.7 Å². The molecule has 1 heterocycles. The predicted octanol–water partition coefficient (Wildman–Crippen LogP) is 2.48. The number of nitrogens with zero attached hydrogens (tertiary/aromatic N) is 1. The molecule has 3 rings (SSSR count). The molecule has 0 bridgehead atoms. The van der Waals surface area contributed by atoms with E-state index in [1.54, 1.807) is 12.1 Å². The molecule has 5 heteroatoms. The van der Waals surface area contributed by atoms with Gasteiger partial charge in [-0.25, -0.2) is 4.79 Å². The number of likely N-dealkylation sites (tertiary alicyclic amines) is 1. The molecule has 2 aliphatic rings. The van der Waals surface area contributed by atoms with Crippen molar-refractivity contribution in [2.24, 2.45) is 5.92 Å². The van der Waals surface area contributed by atoms with E-state index in [-0.39, 0.29) is 11.8 Å². The first-order valence-corrected chi connectivity index (χ1v) is 8.94. The summed E-state index contributed by atoms with van der Waals surface area (Å²) in [5.41, 5.74) is 1.34. The molecule has 0 atom stereocenters. The van der Waals surface area contributed by atoms with E-state index in [0.29, 0.717) is 18.0 Å². The normalized spacial score (nSPS) is 19.7. The molecule has 130 valence electrons. The molecular formula is C19H26N2O3. The highest BCUT2D eigenvalue weighted by Gasteiger charge is 2.25. The highest BCUT2D eigenvalue weighted by Crippen LogP contribution is 2.30. The molecule has 1 amide bonds. The van der Waals surface area contributed by atoms with E-state index in [2.05, 4.69) is 10.2 Å². The minimum atomic E-state index is -0.858. The van der Waals surface area contributed by atoms with Crippen LogP contribution in [0, 0.1) is 5.92 Å². The predicted molar refractivity (Wildman–Crippen MR) is 92.2 cm³/mol. The third-order valence-electron chi connectivity index (χ3n) is 5.40. The lowest BCUT2D eigenvalue weighted by atomic mass is 9.85. The third kappa shape index (κ3) is 4.15. The number of hydrogen-bond donors (Lipinski definition) is 2. The fourth-order valence-corrected chi connectivity index (χ4v) is 3.66. The van der Waals surface area contributed by atoms with Crippen LogP contribution in [0.15, 0.2) is 24.3 Å². The molecule has 24 heavy (non-hydrogen) atoms. The Bertz CT molecular complexity index is 590. The number of carbonyl (C=O) groups excluding carboxylic acids is 1. The summed E-state index contributed by atoms with van der Waals surface area (Å²) in [4.78, 5) is 25.6. The first kappa shape index (κ1) is 17.0. The van der Waals surface area contributed by atoms with E-state index >= 15 is 0 Å². The van der Waals surface area contributed by atoms with Gasteiger partial charge in [-0.2, -0.15) is 0 Å². The van der Waals surface area contributed by atoms with Gasteiger partial charge >= 0.3 is 5.97 Å². The Kier molecular flexibility index (Phi) is 5.51. The lowest BCUT2D eigenvalue weighted by Crippen LogP contribution is -2.43. The summed E-state index contributed by atoms with van der Waals surface area (Å²) < 4.78 is 0. The number of aromatic carboxylic acids is 1. The molecule has 0 unspecified atom stereocenters. The van der Waals surface area contributed by atoms with E-state index in [0.717, 1.165) is 38.0 Å². The quantitative estimate of drug-likeness (QED) is 0.841. The van der Waals surface area contributed by atoms with Crippen LogP contribution < -0.4 is 5.32 Å². The summed E-state index contributed by atoms with van der Waals surface area (Å²) in [5, 5.41) is 12.4. The fraction of sp³-hybridized carbons (Fsp3) is 0.579. The van der Waals surface area contributed by atoms with Gasteiger partial charge in [-0.1, -0.05) is 24.6 Å². The number of carbonyl (C=O) groups is 2. The van der Waals surface area contributed by atoms with Gasteiger partial charge in [0.15, 0.2) is 0 Å². The van der Waals surface area contributed by atoms with Crippen LogP contribution in [0.3, 0.4) is 0 Å². The maximum Gasteiger partial charge on any atom is 0.335 e. The molecule has 2 fully saturated rings. The molecule has 0 spiro atoms. The number of nitrogens with one attached hydrogen (secondary N) is 1.